The summed E-state index contributed by atoms with van der Waals surface area (Å²) in [7, 11) is 1.70. The number of rotatable bonds is 5. The molecule has 0 saturated heterocycles. The van der Waals surface area contributed by atoms with Crippen LogP contribution in [0.2, 0.25) is 0 Å². The van der Waals surface area contributed by atoms with Crippen LogP contribution in [0.3, 0.4) is 0 Å². The van der Waals surface area contributed by atoms with Crippen molar-refractivity contribution in [3.63, 3.8) is 0 Å². The van der Waals surface area contributed by atoms with E-state index in [4.69, 9.17) is 5.11 Å². The lowest BCUT2D eigenvalue weighted by atomic mass is 9.95. The Hall–Kier alpha value is -1.49. The lowest BCUT2D eigenvalue weighted by molar-refractivity contribution is -0.138. The average molecular weight is 229 g/mol. The Morgan fingerprint density at radius 3 is 2.62 bits per heavy atom. The summed E-state index contributed by atoms with van der Waals surface area (Å²) in [4.78, 5) is 11.0. The number of hydrogen-bond donors (Lipinski definition) is 2. The molecule has 3 nitrogen and oxygen atoms in total. The Labute approximate surface area is 92.1 Å². The van der Waals surface area contributed by atoms with Crippen LogP contribution in [0, 0.1) is 11.6 Å². The lowest BCUT2D eigenvalue weighted by Crippen LogP contribution is -2.18. The van der Waals surface area contributed by atoms with Crippen LogP contribution < -0.4 is 5.32 Å². The largest absolute Gasteiger partial charge is 0.481 e. The third-order valence-electron chi connectivity index (χ3n) is 2.33. The molecule has 0 spiro atoms. The minimum Gasteiger partial charge on any atom is -0.481 e. The normalized spacial score (nSPS) is 12.4. The Kier molecular flexibility index (Phi) is 4.37. The quantitative estimate of drug-likeness (QED) is 0.808. The van der Waals surface area contributed by atoms with Gasteiger partial charge in [-0.2, -0.15) is 0 Å². The number of halogens is 2. The number of aliphatic carboxylic acids is 1. The Morgan fingerprint density at radius 2 is 2.12 bits per heavy atom. The van der Waals surface area contributed by atoms with Gasteiger partial charge in [-0.05, 0) is 37.7 Å². The number of carboxylic acids is 1. The first-order chi connectivity index (χ1) is 7.56. The molecule has 0 saturated carbocycles. The van der Waals surface area contributed by atoms with Crippen molar-refractivity contribution in [1.29, 1.82) is 0 Å². The molecule has 0 heterocycles. The van der Waals surface area contributed by atoms with E-state index in [-0.39, 0.29) is 5.56 Å². The fraction of sp³-hybridized carbons (Fsp3) is 0.364. The van der Waals surface area contributed by atoms with E-state index < -0.39 is 23.5 Å². The Morgan fingerprint density at radius 1 is 1.44 bits per heavy atom. The maximum absolute atomic E-state index is 12.9. The smallest absolute Gasteiger partial charge is 0.311 e. The van der Waals surface area contributed by atoms with E-state index in [0.29, 0.717) is 13.0 Å². The summed E-state index contributed by atoms with van der Waals surface area (Å²) in [5.41, 5.74) is 0.279. The van der Waals surface area contributed by atoms with Crippen LogP contribution >= 0.6 is 0 Å². The highest BCUT2D eigenvalue weighted by Crippen LogP contribution is 2.21. The van der Waals surface area contributed by atoms with E-state index in [0.717, 1.165) is 12.1 Å². The zero-order valence-electron chi connectivity index (χ0n) is 8.84. The fourth-order valence-electron chi connectivity index (χ4n) is 1.45. The number of hydrogen-bond acceptors (Lipinski definition) is 2. The van der Waals surface area contributed by atoms with Crippen molar-refractivity contribution in [3.05, 3.63) is 35.4 Å². The molecule has 1 aromatic rings. The molecule has 0 aromatic heterocycles. The van der Waals surface area contributed by atoms with Gasteiger partial charge in [0.1, 0.15) is 0 Å². The van der Waals surface area contributed by atoms with Gasteiger partial charge in [-0.3, -0.25) is 4.79 Å². The van der Waals surface area contributed by atoms with Gasteiger partial charge in [-0.15, -0.1) is 0 Å². The molecule has 0 amide bonds. The van der Waals surface area contributed by atoms with Gasteiger partial charge >= 0.3 is 5.97 Å². The van der Waals surface area contributed by atoms with Crippen LogP contribution in [0.5, 0.6) is 0 Å². The molecule has 1 atom stereocenters. The fourth-order valence-corrected chi connectivity index (χ4v) is 1.45. The highest BCUT2D eigenvalue weighted by atomic mass is 19.2. The van der Waals surface area contributed by atoms with Crippen LogP contribution in [-0.2, 0) is 4.79 Å². The topological polar surface area (TPSA) is 49.3 Å². The van der Waals surface area contributed by atoms with Gasteiger partial charge in [0.05, 0.1) is 5.92 Å². The minimum atomic E-state index is -1.04. The standard InChI is InChI=1S/C11H13F2NO2/c1-14-5-4-8(11(15)16)7-2-3-9(12)10(13)6-7/h2-3,6,8,14H,4-5H2,1H3,(H,15,16). The SMILES string of the molecule is CNCCC(C(=O)O)c1ccc(F)c(F)c1. The van der Waals surface area contributed by atoms with Gasteiger partial charge in [-0.25, -0.2) is 8.78 Å². The van der Waals surface area contributed by atoms with E-state index in [1.165, 1.54) is 6.07 Å². The summed E-state index contributed by atoms with van der Waals surface area (Å²) >= 11 is 0. The molecule has 0 bridgehead atoms. The van der Waals surface area contributed by atoms with E-state index in [1.54, 1.807) is 7.05 Å². The second-order valence-corrected chi connectivity index (χ2v) is 3.46. The first-order valence-electron chi connectivity index (χ1n) is 4.88. The summed E-state index contributed by atoms with van der Waals surface area (Å²) in [6, 6.07) is 3.18. The van der Waals surface area contributed by atoms with Crippen molar-refractivity contribution >= 4 is 5.97 Å². The first kappa shape index (κ1) is 12.6. The van der Waals surface area contributed by atoms with Gasteiger partial charge in [0.2, 0.25) is 0 Å². The summed E-state index contributed by atoms with van der Waals surface area (Å²) in [5.74, 6) is -3.85. The predicted molar refractivity (Wildman–Crippen MR) is 55.3 cm³/mol. The summed E-state index contributed by atoms with van der Waals surface area (Å²) in [6.45, 7) is 0.496. The van der Waals surface area contributed by atoms with Crippen molar-refractivity contribution in [2.75, 3.05) is 13.6 Å². The van der Waals surface area contributed by atoms with Crippen molar-refractivity contribution in [2.24, 2.45) is 0 Å². The average Bonchev–Trinajstić information content (AvgIpc) is 2.23. The van der Waals surface area contributed by atoms with E-state index >= 15 is 0 Å². The van der Waals surface area contributed by atoms with Crippen LogP contribution in [0.15, 0.2) is 18.2 Å². The lowest BCUT2D eigenvalue weighted by Gasteiger charge is -2.12. The zero-order chi connectivity index (χ0) is 12.1. The van der Waals surface area contributed by atoms with Gasteiger partial charge < -0.3 is 10.4 Å². The number of nitrogens with one attached hydrogen (secondary N) is 1. The third kappa shape index (κ3) is 3.00. The van der Waals surface area contributed by atoms with Crippen LogP contribution in [0.25, 0.3) is 0 Å². The molecular formula is C11H13F2NO2. The van der Waals surface area contributed by atoms with Crippen LogP contribution in [0.4, 0.5) is 8.78 Å². The summed E-state index contributed by atoms with van der Waals surface area (Å²) < 4.78 is 25.6. The van der Waals surface area contributed by atoms with Crippen molar-refractivity contribution in [2.45, 2.75) is 12.3 Å². The highest BCUT2D eigenvalue weighted by Gasteiger charge is 2.20. The zero-order valence-corrected chi connectivity index (χ0v) is 8.84. The minimum absolute atomic E-state index is 0.279. The van der Waals surface area contributed by atoms with Crippen molar-refractivity contribution in [1.82, 2.24) is 5.32 Å². The monoisotopic (exact) mass is 229 g/mol. The maximum Gasteiger partial charge on any atom is 0.311 e. The highest BCUT2D eigenvalue weighted by molar-refractivity contribution is 5.76. The molecule has 0 aliphatic rings. The molecule has 0 aliphatic carbocycles. The Bertz CT molecular complexity index is 382. The molecule has 0 radical (unpaired) electrons. The molecule has 16 heavy (non-hydrogen) atoms. The maximum atomic E-state index is 12.9. The number of carbonyl (C=O) groups is 1. The van der Waals surface area contributed by atoms with E-state index in [9.17, 15) is 13.6 Å². The molecule has 88 valence electrons. The van der Waals surface area contributed by atoms with Gasteiger partial charge in [0.25, 0.3) is 0 Å². The summed E-state index contributed by atoms with van der Waals surface area (Å²) in [6.07, 6.45) is 0.330. The van der Waals surface area contributed by atoms with Crippen LogP contribution in [-0.4, -0.2) is 24.7 Å². The molecule has 0 fully saturated rings. The molecule has 2 N–H and O–H groups in total. The number of benzene rings is 1. The molecular weight excluding hydrogens is 216 g/mol. The molecule has 1 rings (SSSR count). The third-order valence-corrected chi connectivity index (χ3v) is 2.33. The van der Waals surface area contributed by atoms with Gasteiger partial charge in [-0.1, -0.05) is 6.07 Å². The van der Waals surface area contributed by atoms with E-state index in [2.05, 4.69) is 5.32 Å². The Balaban J connectivity index is 2.92. The van der Waals surface area contributed by atoms with Crippen molar-refractivity contribution in [3.8, 4) is 0 Å². The van der Waals surface area contributed by atoms with Crippen LogP contribution in [0.1, 0.15) is 17.9 Å². The van der Waals surface area contributed by atoms with Gasteiger partial charge in [0, 0.05) is 0 Å². The molecule has 0 aliphatic heterocycles. The molecule has 5 heteroatoms. The predicted octanol–water partition coefficient (Wildman–Crippen LogP) is 1.74. The second kappa shape index (κ2) is 5.55. The van der Waals surface area contributed by atoms with Gasteiger partial charge in [0.15, 0.2) is 11.6 Å². The molecule has 1 unspecified atom stereocenters. The first-order valence-corrected chi connectivity index (χ1v) is 4.88. The van der Waals surface area contributed by atoms with E-state index in [1.807, 2.05) is 0 Å². The second-order valence-electron chi connectivity index (χ2n) is 3.46. The molecule has 1 aromatic carbocycles. The summed E-state index contributed by atoms with van der Waals surface area (Å²) in [5, 5.41) is 11.8. The van der Waals surface area contributed by atoms with Crippen molar-refractivity contribution < 1.29 is 18.7 Å². The number of carboxylic acid groups (broad SMARTS) is 1.